The van der Waals surface area contributed by atoms with Crippen molar-refractivity contribution in [2.45, 2.75) is 39.3 Å². The van der Waals surface area contributed by atoms with Crippen LogP contribution in [0.25, 0.3) is 0 Å². The van der Waals surface area contributed by atoms with Gasteiger partial charge in [-0.25, -0.2) is 0 Å². The van der Waals surface area contributed by atoms with Gasteiger partial charge in [0.05, 0.1) is 0 Å². The molecule has 1 aliphatic rings. The maximum Gasteiger partial charge on any atom is 0.253 e. The Bertz CT molecular complexity index is 757. The number of piperidine rings is 1. The molecule has 1 amide bonds. The van der Waals surface area contributed by atoms with Crippen LogP contribution >= 0.6 is 0 Å². The normalized spacial score (nSPS) is 18.4. The minimum absolute atomic E-state index is 0.0661. The maximum atomic E-state index is 12.9. The van der Waals surface area contributed by atoms with Crippen molar-refractivity contribution >= 4 is 5.91 Å². The molecule has 3 rings (SSSR count). The predicted octanol–water partition coefficient (Wildman–Crippen LogP) is 3.77. The second kappa shape index (κ2) is 8.37. The van der Waals surface area contributed by atoms with Crippen molar-refractivity contribution in [3.8, 4) is 5.75 Å². The summed E-state index contributed by atoms with van der Waals surface area (Å²) in [5, 5.41) is 0. The first-order chi connectivity index (χ1) is 12.5. The Labute approximate surface area is 156 Å². The van der Waals surface area contributed by atoms with Gasteiger partial charge in [0.1, 0.15) is 12.4 Å². The van der Waals surface area contributed by atoms with Gasteiger partial charge in [0.25, 0.3) is 5.91 Å². The van der Waals surface area contributed by atoms with Crippen LogP contribution in [0.3, 0.4) is 0 Å². The van der Waals surface area contributed by atoms with Gasteiger partial charge in [0, 0.05) is 24.7 Å². The molecule has 1 fully saturated rings. The summed E-state index contributed by atoms with van der Waals surface area (Å²) in [5.41, 5.74) is 9.05. The third kappa shape index (κ3) is 4.64. The number of aryl methyl sites for hydroxylation is 1. The largest absolute Gasteiger partial charge is 0.489 e. The second-order valence-corrected chi connectivity index (χ2v) is 7.32. The fraction of sp³-hybridized carbons (Fsp3) is 0.409. The molecule has 0 aromatic heterocycles. The van der Waals surface area contributed by atoms with Crippen molar-refractivity contribution < 1.29 is 9.53 Å². The third-order valence-corrected chi connectivity index (χ3v) is 5.06. The van der Waals surface area contributed by atoms with Crippen LogP contribution in [0.4, 0.5) is 0 Å². The Morgan fingerprint density at radius 3 is 2.85 bits per heavy atom. The number of ether oxygens (including phenoxy) is 1. The fourth-order valence-electron chi connectivity index (χ4n) is 3.49. The molecule has 2 unspecified atom stereocenters. The van der Waals surface area contributed by atoms with Gasteiger partial charge in [-0.3, -0.25) is 4.79 Å². The number of nitrogens with zero attached hydrogens (tertiary/aromatic N) is 1. The molecular formula is C22H28N2O2. The summed E-state index contributed by atoms with van der Waals surface area (Å²) in [7, 11) is 0. The van der Waals surface area contributed by atoms with Gasteiger partial charge >= 0.3 is 0 Å². The van der Waals surface area contributed by atoms with E-state index in [1.807, 2.05) is 48.2 Å². The number of amides is 1. The maximum absolute atomic E-state index is 12.9. The van der Waals surface area contributed by atoms with E-state index in [1.165, 1.54) is 5.56 Å². The highest BCUT2D eigenvalue weighted by Gasteiger charge is 2.26. The number of nitrogens with two attached hydrogens (primary N) is 1. The lowest BCUT2D eigenvalue weighted by Crippen LogP contribution is -2.45. The summed E-state index contributed by atoms with van der Waals surface area (Å²) in [5.74, 6) is 1.17. The Kier molecular flexibility index (Phi) is 5.94. The van der Waals surface area contributed by atoms with Crippen LogP contribution in [0.15, 0.2) is 48.5 Å². The van der Waals surface area contributed by atoms with E-state index < -0.39 is 0 Å². The molecule has 0 spiro atoms. The van der Waals surface area contributed by atoms with Crippen LogP contribution in [-0.2, 0) is 6.61 Å². The summed E-state index contributed by atoms with van der Waals surface area (Å²) in [4.78, 5) is 14.8. The zero-order chi connectivity index (χ0) is 18.5. The minimum atomic E-state index is 0.0661. The van der Waals surface area contributed by atoms with Crippen LogP contribution in [0.1, 0.15) is 41.3 Å². The number of carbonyl (C=O) groups is 1. The number of hydrogen-bond acceptors (Lipinski definition) is 3. The second-order valence-electron chi connectivity index (χ2n) is 7.32. The standard InChI is InChI=1S/C22H28N2O2/c1-16-6-3-7-18(12-16)15-26-21-10-4-8-19(13-21)22(25)24-11-5-9-20(14-24)17(2)23/h3-4,6-8,10,12-13,17,20H,5,9,11,14-15,23H2,1-2H3. The van der Waals surface area contributed by atoms with E-state index >= 15 is 0 Å². The first kappa shape index (κ1) is 18.5. The first-order valence-electron chi connectivity index (χ1n) is 9.36. The Balaban J connectivity index is 1.65. The van der Waals surface area contributed by atoms with Gasteiger partial charge in [0.2, 0.25) is 0 Å². The fourth-order valence-corrected chi connectivity index (χ4v) is 3.49. The molecule has 0 saturated carbocycles. The number of hydrogen-bond donors (Lipinski definition) is 1. The van der Waals surface area contributed by atoms with E-state index in [2.05, 4.69) is 19.1 Å². The monoisotopic (exact) mass is 352 g/mol. The van der Waals surface area contributed by atoms with Gasteiger partial charge in [0.15, 0.2) is 0 Å². The van der Waals surface area contributed by atoms with E-state index in [1.54, 1.807) is 0 Å². The SMILES string of the molecule is Cc1cccc(COc2cccc(C(=O)N3CCCC(C(C)N)C3)c2)c1. The van der Waals surface area contributed by atoms with E-state index in [-0.39, 0.29) is 11.9 Å². The number of benzene rings is 2. The van der Waals surface area contributed by atoms with Crippen molar-refractivity contribution in [1.82, 2.24) is 4.90 Å². The van der Waals surface area contributed by atoms with Crippen molar-refractivity contribution in [2.24, 2.45) is 11.7 Å². The van der Waals surface area contributed by atoms with Gasteiger partial charge < -0.3 is 15.4 Å². The molecule has 1 saturated heterocycles. The molecule has 26 heavy (non-hydrogen) atoms. The van der Waals surface area contributed by atoms with Crippen LogP contribution in [0, 0.1) is 12.8 Å². The third-order valence-electron chi connectivity index (χ3n) is 5.06. The van der Waals surface area contributed by atoms with Crippen LogP contribution in [0.5, 0.6) is 5.75 Å². The quantitative estimate of drug-likeness (QED) is 0.891. The number of rotatable bonds is 5. The van der Waals surface area contributed by atoms with E-state index in [9.17, 15) is 4.79 Å². The first-order valence-corrected chi connectivity index (χ1v) is 9.36. The molecule has 4 nitrogen and oxygen atoms in total. The minimum Gasteiger partial charge on any atom is -0.489 e. The Hall–Kier alpha value is -2.33. The van der Waals surface area contributed by atoms with Crippen LogP contribution in [0.2, 0.25) is 0 Å². The molecule has 0 bridgehead atoms. The lowest BCUT2D eigenvalue weighted by Gasteiger charge is -2.34. The summed E-state index contributed by atoms with van der Waals surface area (Å²) >= 11 is 0. The molecule has 4 heteroatoms. The molecule has 2 atom stereocenters. The predicted molar refractivity (Wildman–Crippen MR) is 104 cm³/mol. The molecule has 2 aromatic rings. The van der Waals surface area contributed by atoms with Crippen molar-refractivity contribution in [2.75, 3.05) is 13.1 Å². The van der Waals surface area contributed by atoms with Gasteiger partial charge in [-0.15, -0.1) is 0 Å². The molecule has 0 aliphatic carbocycles. The highest BCUT2D eigenvalue weighted by Crippen LogP contribution is 2.22. The molecule has 1 heterocycles. The average molecular weight is 352 g/mol. The summed E-state index contributed by atoms with van der Waals surface area (Å²) in [6.45, 7) is 6.13. The topological polar surface area (TPSA) is 55.6 Å². The molecular weight excluding hydrogens is 324 g/mol. The molecule has 138 valence electrons. The van der Waals surface area contributed by atoms with Crippen LogP contribution in [-0.4, -0.2) is 29.9 Å². The number of carbonyl (C=O) groups excluding carboxylic acids is 1. The number of likely N-dealkylation sites (tertiary alicyclic amines) is 1. The summed E-state index contributed by atoms with van der Waals surface area (Å²) < 4.78 is 5.89. The average Bonchev–Trinajstić information content (AvgIpc) is 2.66. The smallest absolute Gasteiger partial charge is 0.253 e. The van der Waals surface area contributed by atoms with E-state index in [4.69, 9.17) is 10.5 Å². The zero-order valence-corrected chi connectivity index (χ0v) is 15.7. The van der Waals surface area contributed by atoms with Crippen molar-refractivity contribution in [3.05, 3.63) is 65.2 Å². The molecule has 0 radical (unpaired) electrons. The highest BCUT2D eigenvalue weighted by atomic mass is 16.5. The summed E-state index contributed by atoms with van der Waals surface area (Å²) in [6, 6.07) is 15.8. The van der Waals surface area contributed by atoms with Crippen molar-refractivity contribution in [3.63, 3.8) is 0 Å². The Morgan fingerprint density at radius 1 is 1.27 bits per heavy atom. The van der Waals surface area contributed by atoms with Crippen LogP contribution < -0.4 is 10.5 Å². The van der Waals surface area contributed by atoms with Gasteiger partial charge in [-0.2, -0.15) is 0 Å². The van der Waals surface area contributed by atoms with Gasteiger partial charge in [-0.05, 0) is 56.4 Å². The van der Waals surface area contributed by atoms with Gasteiger partial charge in [-0.1, -0.05) is 35.9 Å². The molecule has 1 aliphatic heterocycles. The summed E-state index contributed by atoms with van der Waals surface area (Å²) in [6.07, 6.45) is 2.11. The lowest BCUT2D eigenvalue weighted by atomic mass is 9.92. The highest BCUT2D eigenvalue weighted by molar-refractivity contribution is 5.94. The van der Waals surface area contributed by atoms with E-state index in [0.29, 0.717) is 18.1 Å². The van der Waals surface area contributed by atoms with E-state index in [0.717, 1.165) is 37.2 Å². The molecule has 2 aromatic carbocycles. The molecule has 2 N–H and O–H groups in total. The zero-order valence-electron chi connectivity index (χ0n) is 15.7. The van der Waals surface area contributed by atoms with Crippen molar-refractivity contribution in [1.29, 1.82) is 0 Å². The Morgan fingerprint density at radius 2 is 2.08 bits per heavy atom. The lowest BCUT2D eigenvalue weighted by molar-refractivity contribution is 0.0660.